The van der Waals surface area contributed by atoms with Crippen LogP contribution in [0.3, 0.4) is 0 Å². The number of para-hydroxylation sites is 1. The van der Waals surface area contributed by atoms with E-state index >= 15 is 0 Å². The van der Waals surface area contributed by atoms with Gasteiger partial charge in [-0.3, -0.25) is 9.89 Å². The predicted molar refractivity (Wildman–Crippen MR) is 84.2 cm³/mol. The Morgan fingerprint density at radius 3 is 3.14 bits per heavy atom. The van der Waals surface area contributed by atoms with E-state index in [-0.39, 0.29) is 5.91 Å². The summed E-state index contributed by atoms with van der Waals surface area (Å²) >= 11 is 0. The number of carbonyl (C=O) groups is 1. The third-order valence-corrected chi connectivity index (χ3v) is 4.54. The van der Waals surface area contributed by atoms with Gasteiger partial charge in [0.25, 0.3) is 5.91 Å². The van der Waals surface area contributed by atoms with Crippen LogP contribution >= 0.6 is 0 Å². The summed E-state index contributed by atoms with van der Waals surface area (Å²) < 4.78 is 0. The van der Waals surface area contributed by atoms with Gasteiger partial charge in [-0.2, -0.15) is 5.10 Å². The van der Waals surface area contributed by atoms with Gasteiger partial charge in [0.2, 0.25) is 0 Å². The molecule has 1 N–H and O–H groups in total. The Kier molecular flexibility index (Phi) is 4.23. The summed E-state index contributed by atoms with van der Waals surface area (Å²) in [5.41, 5.74) is 1.61. The highest BCUT2D eigenvalue weighted by Gasteiger charge is 2.22. The Hall–Kier alpha value is -1.84. The quantitative estimate of drug-likeness (QED) is 0.936. The largest absolute Gasteiger partial charge is 0.339 e. The molecular formula is C17H23N3O. The van der Waals surface area contributed by atoms with Crippen LogP contribution in [0.5, 0.6) is 0 Å². The maximum atomic E-state index is 12.8. The maximum Gasteiger partial charge on any atom is 0.256 e. The van der Waals surface area contributed by atoms with Crippen LogP contribution in [-0.4, -0.2) is 34.1 Å². The second-order valence-corrected chi connectivity index (χ2v) is 6.02. The van der Waals surface area contributed by atoms with Crippen LogP contribution in [0.1, 0.15) is 49.4 Å². The number of fused-ring (bicyclic) bond motifs is 1. The average molecular weight is 285 g/mol. The number of aromatic nitrogens is 2. The van der Waals surface area contributed by atoms with Crippen molar-refractivity contribution in [3.8, 4) is 0 Å². The lowest BCUT2D eigenvalue weighted by molar-refractivity contribution is 0.0761. The molecule has 1 aliphatic rings. The van der Waals surface area contributed by atoms with Gasteiger partial charge in [-0.25, -0.2) is 0 Å². The molecule has 0 radical (unpaired) electrons. The first-order chi connectivity index (χ1) is 10.3. The minimum Gasteiger partial charge on any atom is -0.339 e. The molecule has 4 nitrogen and oxygen atoms in total. The molecule has 3 rings (SSSR count). The molecule has 112 valence electrons. The molecule has 0 bridgehead atoms. The number of rotatable bonds is 3. The predicted octanol–water partition coefficient (Wildman–Crippen LogP) is 3.61. The van der Waals surface area contributed by atoms with Crippen LogP contribution in [-0.2, 0) is 0 Å². The van der Waals surface area contributed by atoms with Crippen molar-refractivity contribution in [1.29, 1.82) is 0 Å². The van der Waals surface area contributed by atoms with Crippen molar-refractivity contribution in [3.05, 3.63) is 30.0 Å². The van der Waals surface area contributed by atoms with E-state index in [2.05, 4.69) is 17.1 Å². The summed E-state index contributed by atoms with van der Waals surface area (Å²) in [6, 6.07) is 5.81. The molecule has 21 heavy (non-hydrogen) atoms. The first-order valence-electron chi connectivity index (χ1n) is 8.01. The van der Waals surface area contributed by atoms with E-state index in [0.717, 1.165) is 48.3 Å². The summed E-state index contributed by atoms with van der Waals surface area (Å²) in [5.74, 6) is 0.928. The van der Waals surface area contributed by atoms with Gasteiger partial charge in [0.1, 0.15) is 0 Å². The van der Waals surface area contributed by atoms with Gasteiger partial charge in [-0.15, -0.1) is 0 Å². The SMILES string of the molecule is CCCC1CCCN(C(=O)c2cccc3cn[nH]c23)CC1. The zero-order valence-electron chi connectivity index (χ0n) is 12.6. The number of hydrogen-bond acceptors (Lipinski definition) is 2. The van der Waals surface area contributed by atoms with Crippen LogP contribution in [0, 0.1) is 5.92 Å². The number of nitrogens with one attached hydrogen (secondary N) is 1. The molecule has 0 spiro atoms. The van der Waals surface area contributed by atoms with E-state index in [0.29, 0.717) is 0 Å². The van der Waals surface area contributed by atoms with E-state index in [4.69, 9.17) is 0 Å². The molecule has 2 aromatic rings. The fraction of sp³-hybridized carbons (Fsp3) is 0.529. The normalized spacial score (nSPS) is 19.7. The number of carbonyl (C=O) groups excluding carboxylic acids is 1. The number of benzene rings is 1. The lowest BCUT2D eigenvalue weighted by atomic mass is 9.96. The zero-order chi connectivity index (χ0) is 14.7. The molecule has 1 atom stereocenters. The molecule has 2 heterocycles. The van der Waals surface area contributed by atoms with Crippen LogP contribution < -0.4 is 0 Å². The molecule has 1 fully saturated rings. The Balaban J connectivity index is 1.77. The number of nitrogens with zero attached hydrogens (tertiary/aromatic N) is 2. The molecule has 1 aromatic carbocycles. The van der Waals surface area contributed by atoms with E-state index < -0.39 is 0 Å². The number of H-pyrrole nitrogens is 1. The summed E-state index contributed by atoms with van der Waals surface area (Å²) in [5, 5.41) is 8.00. The third kappa shape index (κ3) is 2.94. The first-order valence-corrected chi connectivity index (χ1v) is 8.01. The van der Waals surface area contributed by atoms with Crippen LogP contribution in [0.25, 0.3) is 10.9 Å². The fourth-order valence-corrected chi connectivity index (χ4v) is 3.38. The second kappa shape index (κ2) is 6.29. The van der Waals surface area contributed by atoms with E-state index in [9.17, 15) is 4.79 Å². The molecule has 1 aromatic heterocycles. The monoisotopic (exact) mass is 285 g/mol. The van der Waals surface area contributed by atoms with Crippen molar-refractivity contribution in [1.82, 2.24) is 15.1 Å². The lowest BCUT2D eigenvalue weighted by Crippen LogP contribution is -2.32. The zero-order valence-corrected chi connectivity index (χ0v) is 12.6. The van der Waals surface area contributed by atoms with Crippen LogP contribution in [0.2, 0.25) is 0 Å². The molecule has 0 aliphatic carbocycles. The van der Waals surface area contributed by atoms with E-state index in [1.807, 2.05) is 23.1 Å². The van der Waals surface area contributed by atoms with E-state index in [1.54, 1.807) is 6.20 Å². The average Bonchev–Trinajstić information content (AvgIpc) is 2.86. The standard InChI is InChI=1S/C17H23N3O/c1-2-5-13-6-4-10-20(11-9-13)17(21)15-8-3-7-14-12-18-19-16(14)15/h3,7-8,12-13H,2,4-6,9-11H2,1H3,(H,18,19). The van der Waals surface area contributed by atoms with Gasteiger partial charge in [0.15, 0.2) is 0 Å². The topological polar surface area (TPSA) is 49.0 Å². The van der Waals surface area contributed by atoms with Gasteiger partial charge < -0.3 is 4.90 Å². The molecular weight excluding hydrogens is 262 g/mol. The van der Waals surface area contributed by atoms with Crippen molar-refractivity contribution in [2.45, 2.75) is 39.0 Å². The molecule has 1 saturated heterocycles. The smallest absolute Gasteiger partial charge is 0.256 e. The third-order valence-electron chi connectivity index (χ3n) is 4.54. The van der Waals surface area contributed by atoms with Crippen LogP contribution in [0.4, 0.5) is 0 Å². The second-order valence-electron chi connectivity index (χ2n) is 6.02. The first kappa shape index (κ1) is 14.1. The number of hydrogen-bond donors (Lipinski definition) is 1. The van der Waals surface area contributed by atoms with Crippen molar-refractivity contribution in [2.24, 2.45) is 5.92 Å². The van der Waals surface area contributed by atoms with Gasteiger partial charge in [0, 0.05) is 18.5 Å². The highest BCUT2D eigenvalue weighted by atomic mass is 16.2. The van der Waals surface area contributed by atoms with E-state index in [1.165, 1.54) is 19.3 Å². The highest BCUT2D eigenvalue weighted by Crippen LogP contribution is 2.24. The van der Waals surface area contributed by atoms with Gasteiger partial charge in [0.05, 0.1) is 17.3 Å². The van der Waals surface area contributed by atoms with Crippen LogP contribution in [0.15, 0.2) is 24.4 Å². The van der Waals surface area contributed by atoms with Gasteiger partial charge in [-0.05, 0) is 31.2 Å². The Morgan fingerprint density at radius 2 is 2.29 bits per heavy atom. The van der Waals surface area contributed by atoms with Gasteiger partial charge >= 0.3 is 0 Å². The Morgan fingerprint density at radius 1 is 1.38 bits per heavy atom. The minimum absolute atomic E-state index is 0.141. The van der Waals surface area contributed by atoms with Crippen molar-refractivity contribution in [3.63, 3.8) is 0 Å². The molecule has 1 unspecified atom stereocenters. The van der Waals surface area contributed by atoms with Crippen molar-refractivity contribution < 1.29 is 4.79 Å². The molecule has 1 aliphatic heterocycles. The lowest BCUT2D eigenvalue weighted by Gasteiger charge is -2.21. The number of likely N-dealkylation sites (tertiary alicyclic amines) is 1. The summed E-state index contributed by atoms with van der Waals surface area (Å²) in [7, 11) is 0. The fourth-order valence-electron chi connectivity index (χ4n) is 3.38. The Bertz CT molecular complexity index is 619. The molecule has 0 saturated carbocycles. The molecule has 1 amide bonds. The Labute approximate surface area is 125 Å². The van der Waals surface area contributed by atoms with Crippen molar-refractivity contribution >= 4 is 16.8 Å². The molecule has 4 heteroatoms. The summed E-state index contributed by atoms with van der Waals surface area (Å²) in [6.07, 6.45) is 7.82. The summed E-state index contributed by atoms with van der Waals surface area (Å²) in [6.45, 7) is 4.00. The van der Waals surface area contributed by atoms with Gasteiger partial charge in [-0.1, -0.05) is 31.9 Å². The van der Waals surface area contributed by atoms with Crippen molar-refractivity contribution in [2.75, 3.05) is 13.1 Å². The highest BCUT2D eigenvalue weighted by molar-refractivity contribution is 6.05. The maximum absolute atomic E-state index is 12.8. The number of amides is 1. The summed E-state index contributed by atoms with van der Waals surface area (Å²) in [4.78, 5) is 14.8. The number of aromatic amines is 1. The minimum atomic E-state index is 0.141.